The number of imide groups is 1. The number of alkyl halides is 3. The predicted molar refractivity (Wildman–Crippen MR) is 53.9 cm³/mol. The van der Waals surface area contributed by atoms with Crippen LogP contribution in [0.25, 0.3) is 0 Å². The van der Waals surface area contributed by atoms with Crippen molar-refractivity contribution < 1.29 is 32.7 Å². The van der Waals surface area contributed by atoms with Crippen molar-refractivity contribution in [3.05, 3.63) is 0 Å². The van der Waals surface area contributed by atoms with E-state index < -0.39 is 48.4 Å². The van der Waals surface area contributed by atoms with Gasteiger partial charge >= 0.3 is 12.1 Å². The molecular formula is C10H11F3N2O4. The van der Waals surface area contributed by atoms with Crippen LogP contribution >= 0.6 is 0 Å². The van der Waals surface area contributed by atoms with Crippen molar-refractivity contribution in [2.45, 2.75) is 25.1 Å². The van der Waals surface area contributed by atoms with Gasteiger partial charge in [0.25, 0.3) is 0 Å². The van der Waals surface area contributed by atoms with Crippen molar-refractivity contribution in [3.63, 3.8) is 0 Å². The van der Waals surface area contributed by atoms with E-state index in [4.69, 9.17) is 5.11 Å². The molecule has 0 spiro atoms. The van der Waals surface area contributed by atoms with Gasteiger partial charge in [-0.1, -0.05) is 0 Å². The van der Waals surface area contributed by atoms with E-state index in [1.807, 2.05) is 5.32 Å². The Balaban J connectivity index is 2.21. The number of amides is 2. The first-order valence-electron chi connectivity index (χ1n) is 5.55. The van der Waals surface area contributed by atoms with Crippen LogP contribution in [-0.2, 0) is 14.4 Å². The average Bonchev–Trinajstić information content (AvgIpc) is 2.81. The molecule has 6 nitrogen and oxygen atoms in total. The summed E-state index contributed by atoms with van der Waals surface area (Å²) in [5, 5.41) is 10.9. The Kier molecular flexibility index (Phi) is 3.04. The number of carbonyl (C=O) groups excluding carboxylic acids is 2. The highest BCUT2D eigenvalue weighted by molar-refractivity contribution is 6.05. The summed E-state index contributed by atoms with van der Waals surface area (Å²) in [5.74, 6) is -3.18. The van der Waals surface area contributed by atoms with Gasteiger partial charge in [0.15, 0.2) is 5.41 Å². The predicted octanol–water partition coefficient (Wildman–Crippen LogP) is -0.259. The third kappa shape index (κ3) is 2.07. The molecule has 2 aliphatic heterocycles. The fraction of sp³-hybridized carbons (Fsp3) is 0.700. The van der Waals surface area contributed by atoms with Gasteiger partial charge in [0.2, 0.25) is 11.8 Å². The maximum Gasteiger partial charge on any atom is 0.406 e. The number of hydrogen-bond acceptors (Lipinski definition) is 4. The second-order valence-electron chi connectivity index (χ2n) is 4.74. The minimum Gasteiger partial charge on any atom is -0.481 e. The maximum atomic E-state index is 12.9. The molecule has 0 bridgehead atoms. The summed E-state index contributed by atoms with van der Waals surface area (Å²) >= 11 is 0. The number of rotatable bonds is 2. The number of hydrogen-bond donors (Lipinski definition) is 2. The molecule has 2 saturated heterocycles. The van der Waals surface area contributed by atoms with E-state index in [0.29, 0.717) is 0 Å². The highest BCUT2D eigenvalue weighted by Gasteiger charge is 2.64. The minimum absolute atomic E-state index is 0.183. The van der Waals surface area contributed by atoms with Gasteiger partial charge in [0.1, 0.15) is 0 Å². The van der Waals surface area contributed by atoms with E-state index in [-0.39, 0.29) is 13.0 Å². The lowest BCUT2D eigenvalue weighted by molar-refractivity contribution is -0.227. The largest absolute Gasteiger partial charge is 0.481 e. The van der Waals surface area contributed by atoms with Crippen molar-refractivity contribution >= 4 is 17.8 Å². The van der Waals surface area contributed by atoms with Crippen LogP contribution in [0.4, 0.5) is 13.2 Å². The highest BCUT2D eigenvalue weighted by Crippen LogP contribution is 2.46. The Morgan fingerprint density at radius 1 is 1.42 bits per heavy atom. The van der Waals surface area contributed by atoms with Crippen LogP contribution in [0.15, 0.2) is 0 Å². The van der Waals surface area contributed by atoms with E-state index >= 15 is 0 Å². The number of carboxylic acid groups (broad SMARTS) is 1. The van der Waals surface area contributed by atoms with E-state index in [9.17, 15) is 27.6 Å². The molecule has 0 radical (unpaired) electrons. The molecule has 0 aromatic heterocycles. The van der Waals surface area contributed by atoms with Gasteiger partial charge < -0.3 is 5.11 Å². The molecule has 2 heterocycles. The van der Waals surface area contributed by atoms with Crippen LogP contribution in [0.3, 0.4) is 0 Å². The topological polar surface area (TPSA) is 86.7 Å². The lowest BCUT2D eigenvalue weighted by Crippen LogP contribution is -2.49. The van der Waals surface area contributed by atoms with Crippen molar-refractivity contribution in [2.75, 3.05) is 13.1 Å². The third-order valence-electron chi connectivity index (χ3n) is 3.64. The smallest absolute Gasteiger partial charge is 0.406 e. The molecule has 2 aliphatic rings. The van der Waals surface area contributed by atoms with Gasteiger partial charge in [-0.05, 0) is 6.42 Å². The standard InChI is InChI=1S/C10H11F3N2O4/c11-10(12,13)9(8(18)19)1-2-15(4-9)5-3-6(16)14-7(5)17/h5H,1-4H2,(H,18,19)(H,14,16,17). The number of halogens is 3. The zero-order valence-electron chi connectivity index (χ0n) is 9.66. The molecule has 0 aliphatic carbocycles. The number of carbonyl (C=O) groups is 3. The first kappa shape index (κ1) is 13.8. The monoisotopic (exact) mass is 280 g/mol. The van der Waals surface area contributed by atoms with Crippen LogP contribution in [0, 0.1) is 5.41 Å². The van der Waals surface area contributed by atoms with Crippen molar-refractivity contribution in [1.82, 2.24) is 10.2 Å². The second kappa shape index (κ2) is 4.19. The van der Waals surface area contributed by atoms with Crippen molar-refractivity contribution in [3.8, 4) is 0 Å². The fourth-order valence-electron chi connectivity index (χ4n) is 2.47. The molecule has 2 atom stereocenters. The Bertz CT molecular complexity index is 451. The number of nitrogens with one attached hydrogen (secondary N) is 1. The minimum atomic E-state index is -4.90. The summed E-state index contributed by atoms with van der Waals surface area (Å²) < 4.78 is 38.8. The summed E-state index contributed by atoms with van der Waals surface area (Å²) in [5.41, 5.74) is -2.86. The molecule has 2 unspecified atom stereocenters. The first-order chi connectivity index (χ1) is 8.67. The van der Waals surface area contributed by atoms with Gasteiger partial charge in [-0.2, -0.15) is 13.2 Å². The molecule has 0 aromatic rings. The van der Waals surface area contributed by atoms with E-state index in [1.54, 1.807) is 0 Å². The lowest BCUT2D eigenvalue weighted by Gasteiger charge is -2.28. The van der Waals surface area contributed by atoms with Gasteiger partial charge in [-0.25, -0.2) is 0 Å². The van der Waals surface area contributed by atoms with E-state index in [1.165, 1.54) is 0 Å². The van der Waals surface area contributed by atoms with E-state index in [0.717, 1.165) is 4.90 Å². The average molecular weight is 280 g/mol. The molecule has 19 heavy (non-hydrogen) atoms. The number of likely N-dealkylation sites (tertiary alicyclic amines) is 1. The van der Waals surface area contributed by atoms with Crippen LogP contribution in [0.5, 0.6) is 0 Å². The number of carboxylic acids is 1. The molecule has 106 valence electrons. The molecule has 2 N–H and O–H groups in total. The van der Waals surface area contributed by atoms with Crippen LogP contribution < -0.4 is 5.32 Å². The van der Waals surface area contributed by atoms with Crippen LogP contribution in [-0.4, -0.2) is 53.1 Å². The zero-order chi connectivity index (χ0) is 14.4. The quantitative estimate of drug-likeness (QED) is 0.681. The Morgan fingerprint density at radius 3 is 2.42 bits per heavy atom. The summed E-state index contributed by atoms with van der Waals surface area (Å²) in [6.07, 6.45) is -5.75. The Labute approximate surface area is 105 Å². The summed E-state index contributed by atoms with van der Waals surface area (Å²) in [6.45, 7) is -0.992. The molecule has 0 aromatic carbocycles. The molecule has 0 saturated carbocycles. The SMILES string of the molecule is O=C1CC(N2CCC(C(=O)O)(C(F)(F)F)C2)C(=O)N1. The van der Waals surface area contributed by atoms with Crippen LogP contribution in [0.2, 0.25) is 0 Å². The van der Waals surface area contributed by atoms with Gasteiger partial charge in [-0.3, -0.25) is 24.6 Å². The number of nitrogens with zero attached hydrogens (tertiary/aromatic N) is 1. The zero-order valence-corrected chi connectivity index (χ0v) is 9.66. The highest BCUT2D eigenvalue weighted by atomic mass is 19.4. The van der Waals surface area contributed by atoms with E-state index in [2.05, 4.69) is 0 Å². The number of aliphatic carboxylic acids is 1. The first-order valence-corrected chi connectivity index (χ1v) is 5.55. The second-order valence-corrected chi connectivity index (χ2v) is 4.74. The summed E-state index contributed by atoms with van der Waals surface area (Å²) in [6, 6.07) is -1.00. The van der Waals surface area contributed by atoms with Crippen molar-refractivity contribution in [2.24, 2.45) is 5.41 Å². The fourth-order valence-corrected chi connectivity index (χ4v) is 2.47. The van der Waals surface area contributed by atoms with Crippen molar-refractivity contribution in [1.29, 1.82) is 0 Å². The molecule has 2 fully saturated rings. The Hall–Kier alpha value is -1.64. The summed E-state index contributed by atoms with van der Waals surface area (Å²) in [4.78, 5) is 34.5. The van der Waals surface area contributed by atoms with Gasteiger partial charge in [0.05, 0.1) is 12.5 Å². The third-order valence-corrected chi connectivity index (χ3v) is 3.64. The van der Waals surface area contributed by atoms with Crippen LogP contribution in [0.1, 0.15) is 12.8 Å². The Morgan fingerprint density at radius 2 is 2.05 bits per heavy atom. The molecule has 2 rings (SSSR count). The molecule has 2 amide bonds. The van der Waals surface area contributed by atoms with Gasteiger partial charge in [-0.15, -0.1) is 0 Å². The summed E-state index contributed by atoms with van der Waals surface area (Å²) in [7, 11) is 0. The lowest BCUT2D eigenvalue weighted by atomic mass is 9.86. The van der Waals surface area contributed by atoms with Gasteiger partial charge in [0, 0.05) is 13.1 Å². The maximum absolute atomic E-state index is 12.9. The molecular weight excluding hydrogens is 269 g/mol. The molecule has 9 heteroatoms. The normalized spacial score (nSPS) is 32.7.